The van der Waals surface area contributed by atoms with E-state index < -0.39 is 0 Å². The fourth-order valence-electron chi connectivity index (χ4n) is 2.47. The van der Waals surface area contributed by atoms with Crippen molar-refractivity contribution in [3.05, 3.63) is 54.6 Å². The van der Waals surface area contributed by atoms with Crippen LogP contribution in [0.1, 0.15) is 0 Å². The predicted molar refractivity (Wildman–Crippen MR) is 85.3 cm³/mol. The third-order valence-electron chi connectivity index (χ3n) is 3.65. The van der Waals surface area contributed by atoms with Gasteiger partial charge in [-0.1, -0.05) is 42.5 Å². The average Bonchev–Trinajstić information content (AvgIpc) is 2.94. The second-order valence-electron chi connectivity index (χ2n) is 5.09. The minimum Gasteiger partial charge on any atom is -0.383 e. The van der Waals surface area contributed by atoms with Gasteiger partial charge in [-0.25, -0.2) is 4.79 Å². The molecule has 21 heavy (non-hydrogen) atoms. The molecule has 2 amide bonds. The summed E-state index contributed by atoms with van der Waals surface area (Å²) in [6, 6.07) is 18.7. The topological polar surface area (TPSA) is 44.4 Å². The molecular formula is C17H19N3O. The van der Waals surface area contributed by atoms with Gasteiger partial charge in [0.1, 0.15) is 0 Å². The van der Waals surface area contributed by atoms with Crippen molar-refractivity contribution in [1.82, 2.24) is 10.2 Å². The maximum Gasteiger partial charge on any atom is 0.317 e. The normalized spacial score (nSPS) is 14.1. The number of carbonyl (C=O) groups is 1. The van der Waals surface area contributed by atoms with E-state index in [1.165, 1.54) is 11.1 Å². The van der Waals surface area contributed by atoms with Crippen molar-refractivity contribution in [2.45, 2.75) is 0 Å². The molecule has 0 aliphatic carbocycles. The first kappa shape index (κ1) is 13.5. The lowest BCUT2D eigenvalue weighted by molar-refractivity contribution is 0.219. The first-order valence-electron chi connectivity index (χ1n) is 7.25. The van der Waals surface area contributed by atoms with E-state index in [0.29, 0.717) is 0 Å². The van der Waals surface area contributed by atoms with Gasteiger partial charge in [0.2, 0.25) is 0 Å². The minimum absolute atomic E-state index is 0.0382. The van der Waals surface area contributed by atoms with Crippen LogP contribution in [0.4, 0.5) is 10.5 Å². The van der Waals surface area contributed by atoms with E-state index in [9.17, 15) is 4.79 Å². The van der Waals surface area contributed by atoms with E-state index in [-0.39, 0.29) is 6.03 Å². The number of urea groups is 1. The van der Waals surface area contributed by atoms with Crippen molar-refractivity contribution in [3.63, 3.8) is 0 Å². The van der Waals surface area contributed by atoms with E-state index in [1.807, 2.05) is 23.1 Å². The lowest BCUT2D eigenvalue weighted by Crippen LogP contribution is -2.32. The number of carbonyl (C=O) groups excluding carboxylic acids is 1. The number of amides is 2. The van der Waals surface area contributed by atoms with Crippen LogP contribution in [0.5, 0.6) is 0 Å². The Hall–Kier alpha value is -2.49. The highest BCUT2D eigenvalue weighted by atomic mass is 16.2. The van der Waals surface area contributed by atoms with Crippen LogP contribution in [0, 0.1) is 0 Å². The van der Waals surface area contributed by atoms with Gasteiger partial charge in [-0.05, 0) is 23.3 Å². The summed E-state index contributed by atoms with van der Waals surface area (Å²) in [7, 11) is 0. The van der Waals surface area contributed by atoms with Crippen LogP contribution in [0.3, 0.4) is 0 Å². The Morgan fingerprint density at radius 1 is 1.00 bits per heavy atom. The SMILES string of the molecule is O=C1NCCN1CCNc1ccc(-c2ccccc2)cc1. The minimum atomic E-state index is 0.0382. The lowest BCUT2D eigenvalue weighted by Gasteiger charge is -2.15. The summed E-state index contributed by atoms with van der Waals surface area (Å²) >= 11 is 0. The summed E-state index contributed by atoms with van der Waals surface area (Å²) in [5.41, 5.74) is 3.51. The van der Waals surface area contributed by atoms with Crippen molar-refractivity contribution < 1.29 is 4.79 Å². The molecule has 0 atom stereocenters. The zero-order chi connectivity index (χ0) is 14.5. The fourth-order valence-corrected chi connectivity index (χ4v) is 2.47. The van der Waals surface area contributed by atoms with Crippen molar-refractivity contribution >= 4 is 11.7 Å². The smallest absolute Gasteiger partial charge is 0.317 e. The number of rotatable bonds is 5. The number of anilines is 1. The summed E-state index contributed by atoms with van der Waals surface area (Å²) in [6.45, 7) is 3.04. The number of nitrogens with one attached hydrogen (secondary N) is 2. The van der Waals surface area contributed by atoms with Crippen LogP contribution in [0.15, 0.2) is 54.6 Å². The number of nitrogens with zero attached hydrogens (tertiary/aromatic N) is 1. The Morgan fingerprint density at radius 2 is 1.71 bits per heavy atom. The Kier molecular flexibility index (Phi) is 4.05. The largest absolute Gasteiger partial charge is 0.383 e. The van der Waals surface area contributed by atoms with E-state index in [4.69, 9.17) is 0 Å². The number of benzene rings is 2. The maximum absolute atomic E-state index is 11.4. The number of hydrogen-bond acceptors (Lipinski definition) is 2. The van der Waals surface area contributed by atoms with Gasteiger partial charge >= 0.3 is 6.03 Å². The van der Waals surface area contributed by atoms with E-state index in [0.717, 1.165) is 31.9 Å². The summed E-state index contributed by atoms with van der Waals surface area (Å²) in [5.74, 6) is 0. The first-order chi connectivity index (χ1) is 10.3. The zero-order valence-electron chi connectivity index (χ0n) is 11.9. The van der Waals surface area contributed by atoms with Crippen LogP contribution in [-0.2, 0) is 0 Å². The van der Waals surface area contributed by atoms with Gasteiger partial charge in [0.15, 0.2) is 0 Å². The van der Waals surface area contributed by atoms with Crippen LogP contribution in [0.25, 0.3) is 11.1 Å². The third kappa shape index (κ3) is 3.34. The monoisotopic (exact) mass is 281 g/mol. The molecule has 108 valence electrons. The molecule has 0 saturated carbocycles. The molecular weight excluding hydrogens is 262 g/mol. The molecule has 4 nitrogen and oxygen atoms in total. The highest BCUT2D eigenvalue weighted by Crippen LogP contribution is 2.20. The Bertz CT molecular complexity index is 595. The van der Waals surface area contributed by atoms with E-state index in [2.05, 4.69) is 47.0 Å². The van der Waals surface area contributed by atoms with Gasteiger partial charge in [-0.2, -0.15) is 0 Å². The second kappa shape index (κ2) is 6.31. The highest BCUT2D eigenvalue weighted by molar-refractivity contribution is 5.76. The predicted octanol–water partition coefficient (Wildman–Crippen LogP) is 2.79. The highest BCUT2D eigenvalue weighted by Gasteiger charge is 2.18. The van der Waals surface area contributed by atoms with E-state index in [1.54, 1.807) is 0 Å². The molecule has 1 heterocycles. The van der Waals surface area contributed by atoms with Crippen LogP contribution < -0.4 is 10.6 Å². The van der Waals surface area contributed by atoms with Crippen molar-refractivity contribution in [1.29, 1.82) is 0 Å². The van der Waals surface area contributed by atoms with Gasteiger partial charge < -0.3 is 15.5 Å². The molecule has 1 aliphatic rings. The Morgan fingerprint density at radius 3 is 2.38 bits per heavy atom. The van der Waals surface area contributed by atoms with Gasteiger partial charge in [0, 0.05) is 31.9 Å². The molecule has 0 unspecified atom stereocenters. The van der Waals surface area contributed by atoms with Gasteiger partial charge in [0.05, 0.1) is 0 Å². The zero-order valence-corrected chi connectivity index (χ0v) is 11.9. The summed E-state index contributed by atoms with van der Waals surface area (Å²) in [4.78, 5) is 13.2. The van der Waals surface area contributed by atoms with Crippen molar-refractivity contribution in [2.75, 3.05) is 31.5 Å². The molecule has 1 saturated heterocycles. The van der Waals surface area contributed by atoms with E-state index >= 15 is 0 Å². The summed E-state index contributed by atoms with van der Waals surface area (Å²) in [5, 5.41) is 6.15. The molecule has 2 N–H and O–H groups in total. The molecule has 4 heteroatoms. The molecule has 1 fully saturated rings. The summed E-state index contributed by atoms with van der Waals surface area (Å²) in [6.07, 6.45) is 0. The van der Waals surface area contributed by atoms with Crippen molar-refractivity contribution in [2.24, 2.45) is 0 Å². The van der Waals surface area contributed by atoms with Crippen LogP contribution >= 0.6 is 0 Å². The molecule has 2 aromatic rings. The quantitative estimate of drug-likeness (QED) is 0.885. The maximum atomic E-state index is 11.4. The first-order valence-corrected chi connectivity index (χ1v) is 7.25. The molecule has 0 spiro atoms. The average molecular weight is 281 g/mol. The molecule has 0 bridgehead atoms. The molecule has 0 aromatic heterocycles. The number of hydrogen-bond donors (Lipinski definition) is 2. The third-order valence-corrected chi connectivity index (χ3v) is 3.65. The van der Waals surface area contributed by atoms with Crippen LogP contribution in [-0.4, -0.2) is 37.1 Å². The molecule has 2 aromatic carbocycles. The fraction of sp³-hybridized carbons (Fsp3) is 0.235. The van der Waals surface area contributed by atoms with Crippen LogP contribution in [0.2, 0.25) is 0 Å². The molecule has 3 rings (SSSR count). The molecule has 1 aliphatic heterocycles. The van der Waals surface area contributed by atoms with Gasteiger partial charge in [-0.15, -0.1) is 0 Å². The van der Waals surface area contributed by atoms with Gasteiger partial charge in [-0.3, -0.25) is 0 Å². The Balaban J connectivity index is 1.54. The second-order valence-corrected chi connectivity index (χ2v) is 5.09. The van der Waals surface area contributed by atoms with Crippen molar-refractivity contribution in [3.8, 4) is 11.1 Å². The summed E-state index contributed by atoms with van der Waals surface area (Å²) < 4.78 is 0. The Labute approximate surface area is 124 Å². The standard InChI is InChI=1S/C17H19N3O/c21-17-19-11-13-20(17)12-10-18-16-8-6-15(7-9-16)14-4-2-1-3-5-14/h1-9,18H,10-13H2,(H,19,21). The molecule has 0 radical (unpaired) electrons. The lowest BCUT2D eigenvalue weighted by atomic mass is 10.1. The van der Waals surface area contributed by atoms with Gasteiger partial charge in [0.25, 0.3) is 0 Å².